The minimum atomic E-state index is -0.738. The zero-order chi connectivity index (χ0) is 16.7. The zero-order valence-electron chi connectivity index (χ0n) is 13.2. The molecule has 0 aliphatic carbocycles. The van der Waals surface area contributed by atoms with Crippen LogP contribution in [0.15, 0.2) is 53.2 Å². The van der Waals surface area contributed by atoms with Crippen LogP contribution in [-0.2, 0) is 4.79 Å². The third kappa shape index (κ3) is 5.00. The van der Waals surface area contributed by atoms with E-state index in [0.717, 1.165) is 5.56 Å². The number of carbonyl (C=O) groups is 1. The third-order valence-electron chi connectivity index (χ3n) is 3.39. The Morgan fingerprint density at radius 3 is 2.83 bits per heavy atom. The molecule has 2 atom stereocenters. The predicted molar refractivity (Wildman–Crippen MR) is 87.9 cm³/mol. The molecule has 0 aliphatic rings. The molecule has 0 fully saturated rings. The summed E-state index contributed by atoms with van der Waals surface area (Å²) in [6, 6.07) is 10.7. The molecule has 0 bridgehead atoms. The lowest BCUT2D eigenvalue weighted by molar-refractivity contribution is -0.117. The number of benzene rings is 1. The molecule has 2 unspecified atom stereocenters. The molecular formula is C18H21NO4. The monoisotopic (exact) mass is 315 g/mol. The van der Waals surface area contributed by atoms with E-state index < -0.39 is 6.10 Å². The van der Waals surface area contributed by atoms with E-state index >= 15 is 0 Å². The topological polar surface area (TPSA) is 71.7 Å². The van der Waals surface area contributed by atoms with Crippen molar-refractivity contribution in [3.8, 4) is 5.75 Å². The SMILES string of the molecule is COc1ccccc1/C=C/C(=O)NC(C)CC(O)c1ccco1. The Labute approximate surface area is 135 Å². The van der Waals surface area contributed by atoms with Crippen LogP contribution >= 0.6 is 0 Å². The molecule has 5 heteroatoms. The van der Waals surface area contributed by atoms with Crippen LogP contribution in [0.4, 0.5) is 0 Å². The van der Waals surface area contributed by atoms with Gasteiger partial charge in [0.15, 0.2) is 0 Å². The van der Waals surface area contributed by atoms with Crippen molar-refractivity contribution in [2.75, 3.05) is 7.11 Å². The van der Waals surface area contributed by atoms with E-state index in [-0.39, 0.29) is 11.9 Å². The van der Waals surface area contributed by atoms with E-state index in [1.165, 1.54) is 12.3 Å². The number of furan rings is 1. The van der Waals surface area contributed by atoms with Crippen LogP contribution in [0.2, 0.25) is 0 Å². The Hall–Kier alpha value is -2.53. The van der Waals surface area contributed by atoms with Crippen molar-refractivity contribution in [1.82, 2.24) is 5.32 Å². The van der Waals surface area contributed by atoms with E-state index in [1.54, 1.807) is 25.3 Å². The van der Waals surface area contributed by atoms with Gasteiger partial charge in [-0.15, -0.1) is 0 Å². The number of aliphatic hydroxyl groups is 1. The minimum Gasteiger partial charge on any atom is -0.496 e. The van der Waals surface area contributed by atoms with Gasteiger partial charge in [-0.1, -0.05) is 18.2 Å². The lowest BCUT2D eigenvalue weighted by Crippen LogP contribution is -2.32. The van der Waals surface area contributed by atoms with Gasteiger partial charge in [0.1, 0.15) is 17.6 Å². The summed E-state index contributed by atoms with van der Waals surface area (Å²) in [4.78, 5) is 12.0. The molecule has 2 N–H and O–H groups in total. The first-order valence-corrected chi connectivity index (χ1v) is 7.43. The number of nitrogens with one attached hydrogen (secondary N) is 1. The number of amides is 1. The lowest BCUT2D eigenvalue weighted by atomic mass is 10.1. The molecule has 1 aromatic carbocycles. The Morgan fingerprint density at radius 2 is 2.13 bits per heavy atom. The summed E-state index contributed by atoms with van der Waals surface area (Å²) in [6.45, 7) is 1.83. The van der Waals surface area contributed by atoms with Crippen LogP contribution in [0.3, 0.4) is 0 Å². The van der Waals surface area contributed by atoms with Crippen molar-refractivity contribution in [2.45, 2.75) is 25.5 Å². The molecule has 122 valence electrons. The molecule has 1 aromatic heterocycles. The minimum absolute atomic E-state index is 0.190. The highest BCUT2D eigenvalue weighted by molar-refractivity contribution is 5.92. The number of para-hydroxylation sites is 1. The number of ether oxygens (including phenoxy) is 1. The molecule has 0 saturated heterocycles. The summed E-state index contributed by atoms with van der Waals surface area (Å²) >= 11 is 0. The molecule has 0 aliphatic heterocycles. The standard InChI is InChI=1S/C18H21NO4/c1-13(12-15(20)17-8-5-11-23-17)19-18(21)10-9-14-6-3-4-7-16(14)22-2/h3-11,13,15,20H,12H2,1-2H3,(H,19,21)/b10-9+. The molecule has 0 saturated carbocycles. The number of hydrogen-bond donors (Lipinski definition) is 2. The van der Waals surface area contributed by atoms with Gasteiger partial charge in [0.05, 0.1) is 13.4 Å². The molecule has 2 rings (SSSR count). The fourth-order valence-corrected chi connectivity index (χ4v) is 2.25. The van der Waals surface area contributed by atoms with Gasteiger partial charge >= 0.3 is 0 Å². The van der Waals surface area contributed by atoms with E-state index in [2.05, 4.69) is 5.32 Å². The van der Waals surface area contributed by atoms with Crippen LogP contribution in [0, 0.1) is 0 Å². The van der Waals surface area contributed by atoms with Gasteiger partial charge in [-0.2, -0.15) is 0 Å². The smallest absolute Gasteiger partial charge is 0.244 e. The quantitative estimate of drug-likeness (QED) is 0.771. The van der Waals surface area contributed by atoms with Crippen LogP contribution < -0.4 is 10.1 Å². The van der Waals surface area contributed by atoms with E-state index in [1.807, 2.05) is 31.2 Å². The van der Waals surface area contributed by atoms with Crippen molar-refractivity contribution in [2.24, 2.45) is 0 Å². The predicted octanol–water partition coefficient (Wildman–Crippen LogP) is 2.93. The number of hydrogen-bond acceptors (Lipinski definition) is 4. The van der Waals surface area contributed by atoms with Gasteiger partial charge in [-0.25, -0.2) is 0 Å². The second kappa shape index (κ2) is 8.19. The summed E-state index contributed by atoms with van der Waals surface area (Å²) in [7, 11) is 1.59. The third-order valence-corrected chi connectivity index (χ3v) is 3.39. The zero-order valence-corrected chi connectivity index (χ0v) is 13.2. The first-order valence-electron chi connectivity index (χ1n) is 7.43. The fourth-order valence-electron chi connectivity index (χ4n) is 2.25. The second-order valence-electron chi connectivity index (χ2n) is 5.25. The number of rotatable bonds is 7. The lowest BCUT2D eigenvalue weighted by Gasteiger charge is -2.15. The molecule has 5 nitrogen and oxygen atoms in total. The molecule has 0 spiro atoms. The van der Waals surface area contributed by atoms with Gasteiger partial charge in [0, 0.05) is 24.1 Å². The maximum atomic E-state index is 12.0. The Bertz CT molecular complexity index is 649. The van der Waals surface area contributed by atoms with Crippen molar-refractivity contribution < 1.29 is 19.1 Å². The van der Waals surface area contributed by atoms with E-state index in [0.29, 0.717) is 17.9 Å². The molecule has 1 heterocycles. The Balaban J connectivity index is 1.87. The molecule has 23 heavy (non-hydrogen) atoms. The van der Waals surface area contributed by atoms with Crippen LogP contribution in [0.5, 0.6) is 5.75 Å². The molecule has 0 radical (unpaired) electrons. The number of methoxy groups -OCH3 is 1. The summed E-state index contributed by atoms with van der Waals surface area (Å²) in [5, 5.41) is 12.8. The first kappa shape index (κ1) is 16.8. The van der Waals surface area contributed by atoms with Crippen LogP contribution in [-0.4, -0.2) is 24.2 Å². The number of carbonyl (C=O) groups excluding carboxylic acids is 1. The van der Waals surface area contributed by atoms with Crippen molar-refractivity contribution >= 4 is 12.0 Å². The maximum Gasteiger partial charge on any atom is 0.244 e. The van der Waals surface area contributed by atoms with Crippen molar-refractivity contribution in [3.05, 3.63) is 60.1 Å². The summed E-state index contributed by atoms with van der Waals surface area (Å²) in [6.07, 6.45) is 4.30. The first-order chi connectivity index (χ1) is 11.1. The average Bonchev–Trinajstić information content (AvgIpc) is 3.07. The van der Waals surface area contributed by atoms with Gasteiger partial charge in [0.2, 0.25) is 5.91 Å². The van der Waals surface area contributed by atoms with Crippen LogP contribution in [0.25, 0.3) is 6.08 Å². The van der Waals surface area contributed by atoms with Crippen molar-refractivity contribution in [3.63, 3.8) is 0 Å². The van der Waals surface area contributed by atoms with Gasteiger partial charge < -0.3 is 19.6 Å². The molecule has 2 aromatic rings. The highest BCUT2D eigenvalue weighted by Gasteiger charge is 2.15. The van der Waals surface area contributed by atoms with Crippen molar-refractivity contribution in [1.29, 1.82) is 0 Å². The maximum absolute atomic E-state index is 12.0. The van der Waals surface area contributed by atoms with Crippen LogP contribution in [0.1, 0.15) is 30.8 Å². The highest BCUT2D eigenvalue weighted by atomic mass is 16.5. The number of aliphatic hydroxyl groups excluding tert-OH is 1. The Kier molecular flexibility index (Phi) is 6.00. The van der Waals surface area contributed by atoms with Gasteiger partial charge in [-0.05, 0) is 31.2 Å². The molecule has 1 amide bonds. The summed E-state index contributed by atoms with van der Waals surface area (Å²) in [5.41, 5.74) is 0.827. The largest absolute Gasteiger partial charge is 0.496 e. The average molecular weight is 315 g/mol. The summed E-state index contributed by atoms with van der Waals surface area (Å²) < 4.78 is 10.4. The Morgan fingerprint density at radius 1 is 1.35 bits per heavy atom. The van der Waals surface area contributed by atoms with Gasteiger partial charge in [0.25, 0.3) is 0 Å². The second-order valence-corrected chi connectivity index (χ2v) is 5.25. The van der Waals surface area contributed by atoms with E-state index in [4.69, 9.17) is 9.15 Å². The highest BCUT2D eigenvalue weighted by Crippen LogP contribution is 2.19. The van der Waals surface area contributed by atoms with Gasteiger partial charge in [-0.3, -0.25) is 4.79 Å². The fraction of sp³-hybridized carbons (Fsp3) is 0.278. The van der Waals surface area contributed by atoms with E-state index in [9.17, 15) is 9.90 Å². The summed E-state index contributed by atoms with van der Waals surface area (Å²) in [5.74, 6) is 0.976. The molecular weight excluding hydrogens is 294 g/mol. The normalized spacial score (nSPS) is 13.7.